The van der Waals surface area contributed by atoms with Crippen molar-refractivity contribution >= 4 is 22.7 Å². The fraction of sp³-hybridized carbons (Fsp3) is 0.148. The minimum absolute atomic E-state index is 0.0715. The standard InChI is InChI=1S/C27H23NO7/c1-34-17-8-10-21-16(12-17)13-20(27(33)28-21)19(14-23(30)35-2)24-22(29)11-9-18(26(24)32)25(31)15-6-4-3-5-7-15/h3-13,19,29,32H,14H2,1-2H3,(H,28,33). The number of ketones is 1. The molecule has 1 aromatic heterocycles. The highest BCUT2D eigenvalue weighted by atomic mass is 16.5. The Hall–Kier alpha value is -4.59. The van der Waals surface area contributed by atoms with Gasteiger partial charge in [-0.3, -0.25) is 14.4 Å². The number of ether oxygens (including phenoxy) is 2. The van der Waals surface area contributed by atoms with Gasteiger partial charge in [0.15, 0.2) is 5.78 Å². The molecule has 4 aromatic rings. The number of esters is 1. The van der Waals surface area contributed by atoms with E-state index >= 15 is 0 Å². The van der Waals surface area contributed by atoms with Gasteiger partial charge in [-0.15, -0.1) is 0 Å². The Morgan fingerprint density at radius 3 is 2.40 bits per heavy atom. The van der Waals surface area contributed by atoms with E-state index in [-0.39, 0.29) is 28.9 Å². The zero-order valence-electron chi connectivity index (χ0n) is 19.1. The highest BCUT2D eigenvalue weighted by molar-refractivity contribution is 6.11. The van der Waals surface area contributed by atoms with Crippen molar-refractivity contribution in [1.82, 2.24) is 4.98 Å². The summed E-state index contributed by atoms with van der Waals surface area (Å²) in [6, 6.07) is 17.5. The van der Waals surface area contributed by atoms with Crippen molar-refractivity contribution in [2.45, 2.75) is 12.3 Å². The maximum atomic E-state index is 13.1. The number of phenolic OH excluding ortho intramolecular Hbond substituents is 2. The number of fused-ring (bicyclic) bond motifs is 1. The molecule has 1 heterocycles. The van der Waals surface area contributed by atoms with Crippen LogP contribution in [0.5, 0.6) is 17.2 Å². The van der Waals surface area contributed by atoms with Crippen LogP contribution in [0.25, 0.3) is 10.9 Å². The van der Waals surface area contributed by atoms with Crippen LogP contribution in [0.3, 0.4) is 0 Å². The first kappa shape index (κ1) is 23.6. The Labute approximate surface area is 200 Å². The van der Waals surface area contributed by atoms with Gasteiger partial charge in [0.05, 0.1) is 26.2 Å². The number of H-pyrrole nitrogens is 1. The van der Waals surface area contributed by atoms with Crippen LogP contribution in [0.1, 0.15) is 39.4 Å². The molecule has 0 aliphatic rings. The van der Waals surface area contributed by atoms with Crippen LogP contribution >= 0.6 is 0 Å². The van der Waals surface area contributed by atoms with Gasteiger partial charge < -0.3 is 24.7 Å². The molecule has 0 fully saturated rings. The molecular formula is C27H23NO7. The van der Waals surface area contributed by atoms with Gasteiger partial charge in [-0.2, -0.15) is 0 Å². The summed E-state index contributed by atoms with van der Waals surface area (Å²) in [6.07, 6.45) is -0.362. The molecule has 1 unspecified atom stereocenters. The normalized spacial score (nSPS) is 11.7. The van der Waals surface area contributed by atoms with Gasteiger partial charge in [-0.05, 0) is 36.4 Å². The van der Waals surface area contributed by atoms with Gasteiger partial charge in [-0.25, -0.2) is 0 Å². The monoisotopic (exact) mass is 473 g/mol. The van der Waals surface area contributed by atoms with Crippen molar-refractivity contribution in [2.24, 2.45) is 0 Å². The van der Waals surface area contributed by atoms with Crippen molar-refractivity contribution in [3.8, 4) is 17.2 Å². The number of carbonyl (C=O) groups excluding carboxylic acids is 2. The quantitative estimate of drug-likeness (QED) is 0.275. The highest BCUT2D eigenvalue weighted by Gasteiger charge is 2.30. The molecule has 178 valence electrons. The van der Waals surface area contributed by atoms with E-state index < -0.39 is 29.0 Å². The SMILES string of the molecule is COC(=O)CC(c1c(O)ccc(C(=O)c2ccccc2)c1O)c1cc2cc(OC)ccc2[nH]c1=O. The van der Waals surface area contributed by atoms with Crippen LogP contribution in [0.4, 0.5) is 0 Å². The molecule has 0 aliphatic carbocycles. The predicted molar refractivity (Wildman–Crippen MR) is 129 cm³/mol. The second-order valence-corrected chi connectivity index (χ2v) is 7.93. The summed E-state index contributed by atoms with van der Waals surface area (Å²) in [7, 11) is 2.71. The molecule has 4 rings (SSSR count). The Kier molecular flexibility index (Phi) is 6.55. The zero-order chi connectivity index (χ0) is 25.1. The van der Waals surface area contributed by atoms with Crippen LogP contribution in [0.15, 0.2) is 71.5 Å². The Morgan fingerprint density at radius 1 is 0.971 bits per heavy atom. The number of hydrogen-bond acceptors (Lipinski definition) is 7. The van der Waals surface area contributed by atoms with Crippen molar-refractivity contribution < 1.29 is 29.3 Å². The van der Waals surface area contributed by atoms with E-state index in [1.54, 1.807) is 54.6 Å². The number of aromatic hydroxyl groups is 2. The molecule has 0 amide bonds. The molecule has 3 aromatic carbocycles. The average molecular weight is 473 g/mol. The molecule has 3 N–H and O–H groups in total. The van der Waals surface area contributed by atoms with E-state index in [4.69, 9.17) is 9.47 Å². The molecule has 0 radical (unpaired) electrons. The lowest BCUT2D eigenvalue weighted by atomic mass is 9.85. The lowest BCUT2D eigenvalue weighted by molar-refractivity contribution is -0.140. The Balaban J connectivity index is 1.92. The predicted octanol–water partition coefficient (Wildman–Crippen LogP) is 3.87. The van der Waals surface area contributed by atoms with E-state index in [0.29, 0.717) is 22.2 Å². The Morgan fingerprint density at radius 2 is 1.71 bits per heavy atom. The van der Waals surface area contributed by atoms with E-state index in [2.05, 4.69) is 4.98 Å². The summed E-state index contributed by atoms with van der Waals surface area (Å²) >= 11 is 0. The maximum absolute atomic E-state index is 13.1. The molecule has 0 aliphatic heterocycles. The van der Waals surface area contributed by atoms with Gasteiger partial charge in [0, 0.05) is 33.5 Å². The summed E-state index contributed by atoms with van der Waals surface area (Å²) < 4.78 is 10.1. The molecule has 0 saturated carbocycles. The molecule has 8 heteroatoms. The summed E-state index contributed by atoms with van der Waals surface area (Å²) in [5.41, 5.74) is 0.265. The van der Waals surface area contributed by atoms with E-state index in [1.165, 1.54) is 26.4 Å². The van der Waals surface area contributed by atoms with Gasteiger partial charge >= 0.3 is 5.97 Å². The first-order valence-corrected chi connectivity index (χ1v) is 10.8. The second kappa shape index (κ2) is 9.72. The van der Waals surface area contributed by atoms with Crippen LogP contribution in [-0.2, 0) is 9.53 Å². The average Bonchev–Trinajstić information content (AvgIpc) is 2.87. The molecule has 35 heavy (non-hydrogen) atoms. The number of aromatic amines is 1. The zero-order valence-corrected chi connectivity index (χ0v) is 19.1. The topological polar surface area (TPSA) is 126 Å². The number of rotatable bonds is 7. The summed E-state index contributed by atoms with van der Waals surface area (Å²) in [4.78, 5) is 41.2. The van der Waals surface area contributed by atoms with Gasteiger partial charge in [0.2, 0.25) is 0 Å². The molecular weight excluding hydrogens is 450 g/mol. The number of aromatic nitrogens is 1. The van der Waals surface area contributed by atoms with Crippen molar-refractivity contribution in [2.75, 3.05) is 14.2 Å². The largest absolute Gasteiger partial charge is 0.508 e. The van der Waals surface area contributed by atoms with Crippen LogP contribution in [0, 0.1) is 0 Å². The van der Waals surface area contributed by atoms with Crippen LogP contribution < -0.4 is 10.3 Å². The third kappa shape index (κ3) is 4.59. The summed E-state index contributed by atoms with van der Waals surface area (Å²) in [5, 5.41) is 22.5. The number of carbonyl (C=O) groups is 2. The number of pyridine rings is 1. The molecule has 0 bridgehead atoms. The minimum Gasteiger partial charge on any atom is -0.508 e. The fourth-order valence-electron chi connectivity index (χ4n) is 4.07. The number of phenols is 2. The first-order valence-electron chi connectivity index (χ1n) is 10.8. The molecule has 0 saturated heterocycles. The minimum atomic E-state index is -1.11. The number of hydrogen-bond donors (Lipinski definition) is 3. The molecule has 0 spiro atoms. The molecule has 8 nitrogen and oxygen atoms in total. The first-order chi connectivity index (χ1) is 16.8. The number of methoxy groups -OCH3 is 2. The van der Waals surface area contributed by atoms with Crippen molar-refractivity contribution in [3.05, 3.63) is 99.3 Å². The summed E-state index contributed by atoms with van der Waals surface area (Å²) in [6.45, 7) is 0. The third-order valence-electron chi connectivity index (χ3n) is 5.88. The van der Waals surface area contributed by atoms with Gasteiger partial charge in [0.1, 0.15) is 17.2 Å². The highest BCUT2D eigenvalue weighted by Crippen LogP contribution is 2.42. The van der Waals surface area contributed by atoms with Gasteiger partial charge in [-0.1, -0.05) is 30.3 Å². The lowest BCUT2D eigenvalue weighted by Gasteiger charge is -2.20. The van der Waals surface area contributed by atoms with Crippen molar-refractivity contribution in [1.29, 1.82) is 0 Å². The maximum Gasteiger partial charge on any atom is 0.306 e. The second-order valence-electron chi connectivity index (χ2n) is 7.93. The van der Waals surface area contributed by atoms with Crippen LogP contribution in [0.2, 0.25) is 0 Å². The third-order valence-corrected chi connectivity index (χ3v) is 5.88. The molecule has 1 atom stereocenters. The lowest BCUT2D eigenvalue weighted by Crippen LogP contribution is -2.20. The number of nitrogens with one attached hydrogen (secondary N) is 1. The smallest absolute Gasteiger partial charge is 0.306 e. The fourth-order valence-corrected chi connectivity index (χ4v) is 4.07. The Bertz CT molecular complexity index is 1470. The number of benzene rings is 3. The van der Waals surface area contributed by atoms with Gasteiger partial charge in [0.25, 0.3) is 5.56 Å². The van der Waals surface area contributed by atoms with Crippen molar-refractivity contribution in [3.63, 3.8) is 0 Å². The van der Waals surface area contributed by atoms with Crippen LogP contribution in [-0.4, -0.2) is 41.2 Å². The van der Waals surface area contributed by atoms with E-state index in [9.17, 15) is 24.6 Å². The van der Waals surface area contributed by atoms with E-state index in [0.717, 1.165) is 0 Å². The van der Waals surface area contributed by atoms with E-state index in [1.807, 2.05) is 0 Å². The summed E-state index contributed by atoms with van der Waals surface area (Å²) in [5.74, 6) is -2.58.